The van der Waals surface area contributed by atoms with E-state index in [9.17, 15) is 4.79 Å². The van der Waals surface area contributed by atoms with Crippen LogP contribution in [0.2, 0.25) is 0 Å². The Hall–Kier alpha value is -0.610. The lowest BCUT2D eigenvalue weighted by molar-refractivity contribution is -0.120. The summed E-state index contributed by atoms with van der Waals surface area (Å²) in [4.78, 5) is 13.1. The molecule has 0 bridgehead atoms. The summed E-state index contributed by atoms with van der Waals surface area (Å²) in [6.07, 6.45) is 2.26. The van der Waals surface area contributed by atoms with Crippen LogP contribution in [0, 0.1) is 0 Å². The van der Waals surface area contributed by atoms with Crippen LogP contribution in [0.5, 0.6) is 0 Å². The minimum atomic E-state index is 0.0691. The van der Waals surface area contributed by atoms with E-state index in [1.807, 2.05) is 0 Å². The molecule has 0 aliphatic carbocycles. The van der Waals surface area contributed by atoms with Crippen LogP contribution in [0.3, 0.4) is 0 Å². The van der Waals surface area contributed by atoms with Gasteiger partial charge in [0.1, 0.15) is 0 Å². The highest BCUT2D eigenvalue weighted by Crippen LogP contribution is 2.08. The molecule has 1 saturated heterocycles. The molecule has 0 aromatic rings. The van der Waals surface area contributed by atoms with Gasteiger partial charge in [-0.15, -0.1) is 0 Å². The third-order valence-corrected chi connectivity index (χ3v) is 2.36. The molecule has 1 amide bonds. The quantitative estimate of drug-likeness (QED) is 0.626. The van der Waals surface area contributed by atoms with Crippen molar-refractivity contribution in [3.63, 3.8) is 0 Å². The number of rotatable bonds is 3. The zero-order valence-corrected chi connectivity index (χ0v) is 8.25. The van der Waals surface area contributed by atoms with Crippen molar-refractivity contribution in [3.8, 4) is 0 Å². The summed E-state index contributed by atoms with van der Waals surface area (Å²) in [5.41, 5.74) is 5.48. The van der Waals surface area contributed by atoms with Crippen molar-refractivity contribution >= 4 is 5.91 Å². The second-order valence-corrected chi connectivity index (χ2v) is 3.63. The van der Waals surface area contributed by atoms with Gasteiger partial charge in [-0.3, -0.25) is 4.79 Å². The molecule has 1 heterocycles. The van der Waals surface area contributed by atoms with E-state index in [1.165, 1.54) is 0 Å². The lowest BCUT2D eigenvalue weighted by Gasteiger charge is -2.32. The molecule has 1 fully saturated rings. The molecule has 1 atom stereocenters. The van der Waals surface area contributed by atoms with E-state index in [2.05, 4.69) is 10.2 Å². The number of piperidine rings is 1. The predicted octanol–water partition coefficient (Wildman–Crippen LogP) is -0.454. The Bertz CT molecular complexity index is 170. The van der Waals surface area contributed by atoms with E-state index >= 15 is 0 Å². The maximum atomic E-state index is 10.8. The van der Waals surface area contributed by atoms with Crippen LogP contribution < -0.4 is 11.1 Å². The second-order valence-electron chi connectivity index (χ2n) is 3.63. The third kappa shape index (κ3) is 3.74. The first-order valence-corrected chi connectivity index (χ1v) is 4.92. The Labute approximate surface area is 79.5 Å². The van der Waals surface area contributed by atoms with Crippen molar-refractivity contribution in [1.82, 2.24) is 10.2 Å². The monoisotopic (exact) mass is 185 g/mol. The molecule has 1 rings (SSSR count). The molecule has 13 heavy (non-hydrogen) atoms. The van der Waals surface area contributed by atoms with Gasteiger partial charge in [0, 0.05) is 32.6 Å². The maximum Gasteiger partial charge on any atom is 0.217 e. The fraction of sp³-hybridized carbons (Fsp3) is 0.889. The molecule has 1 aliphatic rings. The molecule has 0 aromatic carbocycles. The largest absolute Gasteiger partial charge is 0.352 e. The fourth-order valence-corrected chi connectivity index (χ4v) is 1.85. The molecule has 4 nitrogen and oxygen atoms in total. The maximum absolute atomic E-state index is 10.8. The van der Waals surface area contributed by atoms with E-state index in [1.54, 1.807) is 6.92 Å². The molecule has 0 spiro atoms. The molecule has 0 radical (unpaired) electrons. The number of amides is 1. The average molecular weight is 185 g/mol. The van der Waals surface area contributed by atoms with Crippen LogP contribution in [-0.4, -0.2) is 43.0 Å². The van der Waals surface area contributed by atoms with Gasteiger partial charge in [0.15, 0.2) is 0 Å². The van der Waals surface area contributed by atoms with Crippen molar-refractivity contribution in [3.05, 3.63) is 0 Å². The lowest BCUT2D eigenvalue weighted by atomic mass is 10.1. The molecular formula is C9H19N3O. The lowest BCUT2D eigenvalue weighted by Crippen LogP contribution is -2.48. The zero-order chi connectivity index (χ0) is 9.68. The van der Waals surface area contributed by atoms with Gasteiger partial charge in [0.2, 0.25) is 5.91 Å². The van der Waals surface area contributed by atoms with Gasteiger partial charge >= 0.3 is 0 Å². The number of hydrogen-bond donors (Lipinski definition) is 2. The molecular weight excluding hydrogens is 166 g/mol. The number of carbonyl (C=O) groups is 1. The number of nitrogens with one attached hydrogen (secondary N) is 1. The molecule has 1 unspecified atom stereocenters. The first-order valence-electron chi connectivity index (χ1n) is 4.92. The third-order valence-electron chi connectivity index (χ3n) is 2.36. The van der Waals surface area contributed by atoms with Gasteiger partial charge in [-0.2, -0.15) is 0 Å². The van der Waals surface area contributed by atoms with Gasteiger partial charge in [-0.25, -0.2) is 0 Å². The van der Waals surface area contributed by atoms with E-state index < -0.39 is 0 Å². The number of nitrogens with two attached hydrogens (primary N) is 1. The second kappa shape index (κ2) is 5.19. The van der Waals surface area contributed by atoms with E-state index in [-0.39, 0.29) is 5.91 Å². The van der Waals surface area contributed by atoms with Crippen molar-refractivity contribution in [2.24, 2.45) is 5.73 Å². The topological polar surface area (TPSA) is 58.4 Å². The number of likely N-dealkylation sites (tertiary alicyclic amines) is 1. The van der Waals surface area contributed by atoms with Crippen LogP contribution in [-0.2, 0) is 4.79 Å². The highest BCUT2D eigenvalue weighted by Gasteiger charge is 2.19. The van der Waals surface area contributed by atoms with Crippen LogP contribution in [0.4, 0.5) is 0 Å². The number of nitrogens with zero attached hydrogens (tertiary/aromatic N) is 1. The molecule has 76 valence electrons. The Morgan fingerprint density at radius 1 is 1.69 bits per heavy atom. The Morgan fingerprint density at radius 2 is 2.46 bits per heavy atom. The van der Waals surface area contributed by atoms with E-state index in [0.717, 1.165) is 32.5 Å². The fourth-order valence-electron chi connectivity index (χ4n) is 1.85. The number of hydrogen-bond acceptors (Lipinski definition) is 3. The summed E-state index contributed by atoms with van der Waals surface area (Å²) in [6, 6.07) is 0.331. The van der Waals surface area contributed by atoms with Gasteiger partial charge in [0.05, 0.1) is 0 Å². The van der Waals surface area contributed by atoms with Crippen molar-refractivity contribution < 1.29 is 4.79 Å². The Kier molecular flexibility index (Phi) is 4.18. The minimum absolute atomic E-state index is 0.0691. The minimum Gasteiger partial charge on any atom is -0.352 e. The highest BCUT2D eigenvalue weighted by molar-refractivity contribution is 5.73. The van der Waals surface area contributed by atoms with Crippen LogP contribution >= 0.6 is 0 Å². The van der Waals surface area contributed by atoms with Crippen molar-refractivity contribution in [2.75, 3.05) is 26.2 Å². The van der Waals surface area contributed by atoms with Crippen LogP contribution in [0.15, 0.2) is 0 Å². The summed E-state index contributed by atoms with van der Waals surface area (Å²) in [5.74, 6) is 0.0691. The average Bonchev–Trinajstić information content (AvgIpc) is 2.04. The predicted molar refractivity (Wildman–Crippen MR) is 52.3 cm³/mol. The summed E-state index contributed by atoms with van der Waals surface area (Å²) in [7, 11) is 0. The van der Waals surface area contributed by atoms with Gasteiger partial charge in [-0.05, 0) is 19.4 Å². The molecule has 1 aliphatic heterocycles. The smallest absolute Gasteiger partial charge is 0.217 e. The standard InChI is InChI=1S/C9H19N3O/c1-8(13)11-9-3-2-5-12(7-9)6-4-10/h9H,2-7,10H2,1H3,(H,11,13). The summed E-state index contributed by atoms with van der Waals surface area (Å²) >= 11 is 0. The summed E-state index contributed by atoms with van der Waals surface area (Å²) < 4.78 is 0. The molecule has 4 heteroatoms. The van der Waals surface area contributed by atoms with E-state index in [4.69, 9.17) is 5.73 Å². The normalized spacial score (nSPS) is 24.3. The van der Waals surface area contributed by atoms with Crippen LogP contribution in [0.25, 0.3) is 0 Å². The highest BCUT2D eigenvalue weighted by atomic mass is 16.1. The first-order chi connectivity index (χ1) is 6.22. The van der Waals surface area contributed by atoms with Crippen molar-refractivity contribution in [1.29, 1.82) is 0 Å². The molecule has 0 saturated carbocycles. The summed E-state index contributed by atoms with van der Waals surface area (Å²) in [5, 5.41) is 2.95. The Balaban J connectivity index is 2.28. The van der Waals surface area contributed by atoms with Gasteiger partial charge in [0.25, 0.3) is 0 Å². The van der Waals surface area contributed by atoms with E-state index in [0.29, 0.717) is 12.6 Å². The van der Waals surface area contributed by atoms with Crippen molar-refractivity contribution in [2.45, 2.75) is 25.8 Å². The van der Waals surface area contributed by atoms with Gasteiger partial charge < -0.3 is 16.0 Å². The Morgan fingerprint density at radius 3 is 3.08 bits per heavy atom. The first kappa shape index (κ1) is 10.5. The zero-order valence-electron chi connectivity index (χ0n) is 8.25. The van der Waals surface area contributed by atoms with Crippen LogP contribution in [0.1, 0.15) is 19.8 Å². The molecule has 0 aromatic heterocycles. The summed E-state index contributed by atoms with van der Waals surface area (Å²) in [6.45, 7) is 5.29. The van der Waals surface area contributed by atoms with Gasteiger partial charge in [-0.1, -0.05) is 0 Å². The molecule has 3 N–H and O–H groups in total. The SMILES string of the molecule is CC(=O)NC1CCCN(CCN)C1. The number of carbonyl (C=O) groups excluding carboxylic acids is 1.